The van der Waals surface area contributed by atoms with Crippen molar-refractivity contribution in [2.24, 2.45) is 5.92 Å². The fourth-order valence-electron chi connectivity index (χ4n) is 3.37. The first kappa shape index (κ1) is 18.5. The lowest BCUT2D eigenvalue weighted by Crippen LogP contribution is -2.50. The molecule has 0 bridgehead atoms. The number of benzene rings is 1. The van der Waals surface area contributed by atoms with E-state index in [2.05, 4.69) is 10.2 Å². The van der Waals surface area contributed by atoms with Crippen molar-refractivity contribution in [3.8, 4) is 0 Å². The van der Waals surface area contributed by atoms with Gasteiger partial charge >= 0.3 is 0 Å². The number of nitrogens with zero attached hydrogens (tertiary/aromatic N) is 2. The maximum atomic E-state index is 12.5. The molecule has 0 atom stereocenters. The Hall–Kier alpha value is -0.810. The average molecular weight is 358 g/mol. The molecule has 6 heteroatoms. The Morgan fingerprint density at radius 2 is 1.87 bits per heavy atom. The van der Waals surface area contributed by atoms with Gasteiger partial charge in [0.15, 0.2) is 0 Å². The zero-order valence-corrected chi connectivity index (χ0v) is 14.9. The Morgan fingerprint density at radius 3 is 2.52 bits per heavy atom. The number of hydrogen-bond acceptors (Lipinski definition) is 3. The van der Waals surface area contributed by atoms with E-state index in [1.807, 2.05) is 17.0 Å². The molecule has 4 nitrogen and oxygen atoms in total. The van der Waals surface area contributed by atoms with Crippen molar-refractivity contribution in [2.75, 3.05) is 45.8 Å². The van der Waals surface area contributed by atoms with Crippen molar-refractivity contribution in [2.45, 2.75) is 12.8 Å². The van der Waals surface area contributed by atoms with Gasteiger partial charge in [0.05, 0.1) is 0 Å². The lowest BCUT2D eigenvalue weighted by Gasteiger charge is -2.37. The molecule has 1 aromatic carbocycles. The number of hydrogen-bond donors (Lipinski definition) is 1. The monoisotopic (exact) mass is 357 g/mol. The molecule has 1 N–H and O–H groups in total. The van der Waals surface area contributed by atoms with Gasteiger partial charge < -0.3 is 10.2 Å². The third-order valence-electron chi connectivity index (χ3n) is 4.71. The van der Waals surface area contributed by atoms with Crippen LogP contribution in [0.1, 0.15) is 23.2 Å². The summed E-state index contributed by atoms with van der Waals surface area (Å²) in [6.07, 6.45) is 2.56. The summed E-state index contributed by atoms with van der Waals surface area (Å²) in [6, 6.07) is 7.24. The van der Waals surface area contributed by atoms with E-state index >= 15 is 0 Å². The minimum absolute atomic E-state index is 0. The lowest BCUT2D eigenvalue weighted by molar-refractivity contribution is 0.0608. The fourth-order valence-corrected chi connectivity index (χ4v) is 3.56. The molecule has 0 radical (unpaired) electrons. The maximum absolute atomic E-state index is 12.5. The highest BCUT2D eigenvalue weighted by atomic mass is 35.5. The van der Waals surface area contributed by atoms with Crippen LogP contribution in [0.3, 0.4) is 0 Å². The molecule has 23 heavy (non-hydrogen) atoms. The number of amides is 1. The van der Waals surface area contributed by atoms with Gasteiger partial charge in [-0.15, -0.1) is 12.4 Å². The third-order valence-corrected chi connectivity index (χ3v) is 4.94. The number of piperidine rings is 1. The van der Waals surface area contributed by atoms with Crippen LogP contribution in [-0.2, 0) is 0 Å². The van der Waals surface area contributed by atoms with Gasteiger partial charge in [0, 0.05) is 43.3 Å². The fraction of sp³-hybridized carbons (Fsp3) is 0.588. The summed E-state index contributed by atoms with van der Waals surface area (Å²) in [6.45, 7) is 7.08. The van der Waals surface area contributed by atoms with Gasteiger partial charge in [0.2, 0.25) is 0 Å². The molecule has 0 aliphatic carbocycles. The highest BCUT2D eigenvalue weighted by Gasteiger charge is 2.24. The van der Waals surface area contributed by atoms with Crippen molar-refractivity contribution >= 4 is 29.9 Å². The van der Waals surface area contributed by atoms with Crippen LogP contribution in [0.2, 0.25) is 5.02 Å². The molecule has 2 aliphatic rings. The van der Waals surface area contributed by atoms with Gasteiger partial charge in [-0.2, -0.15) is 0 Å². The Labute approximate surface area is 149 Å². The molecule has 0 saturated carbocycles. The second-order valence-electron chi connectivity index (χ2n) is 6.30. The highest BCUT2D eigenvalue weighted by molar-refractivity contribution is 6.30. The first-order valence-corrected chi connectivity index (χ1v) is 8.58. The average Bonchev–Trinajstić information content (AvgIpc) is 2.56. The van der Waals surface area contributed by atoms with Crippen molar-refractivity contribution in [1.29, 1.82) is 0 Å². The van der Waals surface area contributed by atoms with E-state index in [1.165, 1.54) is 19.4 Å². The predicted molar refractivity (Wildman–Crippen MR) is 96.6 cm³/mol. The van der Waals surface area contributed by atoms with E-state index in [1.54, 1.807) is 12.1 Å². The molecule has 2 heterocycles. The summed E-state index contributed by atoms with van der Waals surface area (Å²) >= 11 is 5.98. The van der Waals surface area contributed by atoms with Crippen LogP contribution < -0.4 is 5.32 Å². The first-order chi connectivity index (χ1) is 10.7. The van der Waals surface area contributed by atoms with E-state index in [0.717, 1.165) is 45.2 Å². The van der Waals surface area contributed by atoms with Gasteiger partial charge in [-0.1, -0.05) is 17.7 Å². The lowest BCUT2D eigenvalue weighted by atomic mass is 9.97. The van der Waals surface area contributed by atoms with Gasteiger partial charge in [0.1, 0.15) is 0 Å². The van der Waals surface area contributed by atoms with E-state index in [9.17, 15) is 4.79 Å². The van der Waals surface area contributed by atoms with E-state index in [-0.39, 0.29) is 18.3 Å². The molecule has 0 unspecified atom stereocenters. The van der Waals surface area contributed by atoms with Crippen molar-refractivity contribution in [3.63, 3.8) is 0 Å². The second-order valence-corrected chi connectivity index (χ2v) is 6.73. The normalized spacial score (nSPS) is 20.1. The smallest absolute Gasteiger partial charge is 0.253 e. The molecular weight excluding hydrogens is 333 g/mol. The molecule has 2 aliphatic heterocycles. The number of nitrogens with one attached hydrogen (secondary N) is 1. The molecular formula is C17H25Cl2N3O. The SMILES string of the molecule is Cl.O=C(c1cccc(Cl)c1)N1CCN(CC2CCNCC2)CC1. The Bertz CT molecular complexity index is 512. The van der Waals surface area contributed by atoms with Crippen LogP contribution in [-0.4, -0.2) is 61.5 Å². The zero-order chi connectivity index (χ0) is 15.4. The summed E-state index contributed by atoms with van der Waals surface area (Å²) in [4.78, 5) is 16.9. The maximum Gasteiger partial charge on any atom is 0.253 e. The number of carbonyl (C=O) groups excluding carboxylic acids is 1. The number of rotatable bonds is 3. The number of piperazine rings is 1. The molecule has 1 amide bonds. The predicted octanol–water partition coefficient (Wildman–Crippen LogP) is 2.52. The summed E-state index contributed by atoms with van der Waals surface area (Å²) in [5, 5.41) is 4.04. The Balaban J connectivity index is 0.00000192. The summed E-state index contributed by atoms with van der Waals surface area (Å²) in [5.74, 6) is 0.917. The topological polar surface area (TPSA) is 35.6 Å². The van der Waals surface area contributed by atoms with Crippen LogP contribution in [0.25, 0.3) is 0 Å². The summed E-state index contributed by atoms with van der Waals surface area (Å²) < 4.78 is 0. The highest BCUT2D eigenvalue weighted by Crippen LogP contribution is 2.17. The summed E-state index contributed by atoms with van der Waals surface area (Å²) in [7, 11) is 0. The molecule has 0 spiro atoms. The van der Waals surface area contributed by atoms with Crippen LogP contribution in [0.15, 0.2) is 24.3 Å². The van der Waals surface area contributed by atoms with Crippen molar-refractivity contribution < 1.29 is 4.79 Å². The van der Waals surface area contributed by atoms with Crippen molar-refractivity contribution in [3.05, 3.63) is 34.9 Å². The quantitative estimate of drug-likeness (QED) is 0.902. The number of halogens is 2. The zero-order valence-electron chi connectivity index (χ0n) is 13.3. The van der Waals surface area contributed by atoms with Crippen LogP contribution >= 0.6 is 24.0 Å². The largest absolute Gasteiger partial charge is 0.336 e. The molecule has 0 aromatic heterocycles. The van der Waals surface area contributed by atoms with E-state index < -0.39 is 0 Å². The second kappa shape index (κ2) is 8.88. The minimum atomic E-state index is 0. The van der Waals surface area contributed by atoms with E-state index in [4.69, 9.17) is 11.6 Å². The van der Waals surface area contributed by atoms with E-state index in [0.29, 0.717) is 10.6 Å². The third kappa shape index (κ3) is 5.08. The Morgan fingerprint density at radius 1 is 1.17 bits per heavy atom. The minimum Gasteiger partial charge on any atom is -0.336 e. The van der Waals surface area contributed by atoms with Gasteiger partial charge in [0.25, 0.3) is 5.91 Å². The van der Waals surface area contributed by atoms with Gasteiger partial charge in [-0.3, -0.25) is 9.69 Å². The summed E-state index contributed by atoms with van der Waals surface area (Å²) in [5.41, 5.74) is 0.694. The standard InChI is InChI=1S/C17H24ClN3O.ClH/c18-16-3-1-2-15(12-16)17(22)21-10-8-20(9-11-21)13-14-4-6-19-7-5-14;/h1-3,12,14,19H,4-11,13H2;1H. The molecule has 2 saturated heterocycles. The molecule has 128 valence electrons. The molecule has 1 aromatic rings. The van der Waals surface area contributed by atoms with Crippen LogP contribution in [0.4, 0.5) is 0 Å². The molecule has 3 rings (SSSR count). The van der Waals surface area contributed by atoms with Crippen LogP contribution in [0.5, 0.6) is 0 Å². The van der Waals surface area contributed by atoms with Crippen molar-refractivity contribution in [1.82, 2.24) is 15.1 Å². The molecule has 2 fully saturated rings. The van der Waals surface area contributed by atoms with Gasteiger partial charge in [-0.25, -0.2) is 0 Å². The first-order valence-electron chi connectivity index (χ1n) is 8.20. The van der Waals surface area contributed by atoms with Gasteiger partial charge in [-0.05, 0) is 50.0 Å². The number of carbonyl (C=O) groups is 1. The van der Waals surface area contributed by atoms with Crippen LogP contribution in [0, 0.1) is 5.92 Å². The Kier molecular flexibility index (Phi) is 7.15.